The molecule has 0 amide bonds. The fourth-order valence-corrected chi connectivity index (χ4v) is 5.78. The van der Waals surface area contributed by atoms with E-state index in [0.29, 0.717) is 11.6 Å². The van der Waals surface area contributed by atoms with E-state index in [1.165, 1.54) is 5.56 Å². The summed E-state index contributed by atoms with van der Waals surface area (Å²) >= 11 is 3.10. The number of aromatic nitrogens is 10. The van der Waals surface area contributed by atoms with E-state index in [1.807, 2.05) is 23.6 Å². The summed E-state index contributed by atoms with van der Waals surface area (Å²) in [7, 11) is 0. The lowest BCUT2D eigenvalue weighted by Crippen LogP contribution is -2.23. The molecule has 0 bridgehead atoms. The Morgan fingerprint density at radius 2 is 1.65 bits per heavy atom. The SMILES string of the molecule is CCCN(Cc1ccc(-c2ccccc2-c2nn[nH]n2)cc1)c1nc(-c2nccs2)c(-c2nn[nH]n2)s1. The smallest absolute Gasteiger partial charge is 0.217 e. The van der Waals surface area contributed by atoms with E-state index < -0.39 is 0 Å². The summed E-state index contributed by atoms with van der Waals surface area (Å²) in [4.78, 5) is 12.6. The normalized spacial score (nSPS) is 11.2. The maximum atomic E-state index is 4.98. The van der Waals surface area contributed by atoms with E-state index in [9.17, 15) is 0 Å². The number of aromatic amines is 2. The number of anilines is 1. The lowest BCUT2D eigenvalue weighted by molar-refractivity contribution is 0.764. The highest BCUT2D eigenvalue weighted by Gasteiger charge is 2.23. The quantitative estimate of drug-likeness (QED) is 0.274. The van der Waals surface area contributed by atoms with Gasteiger partial charge in [-0.05, 0) is 33.5 Å². The minimum absolute atomic E-state index is 0.523. The van der Waals surface area contributed by atoms with Crippen molar-refractivity contribution in [2.75, 3.05) is 11.4 Å². The molecule has 11 nitrogen and oxygen atoms in total. The molecule has 0 atom stereocenters. The molecule has 0 aliphatic carbocycles. The molecule has 0 radical (unpaired) electrons. The van der Waals surface area contributed by atoms with Crippen LogP contribution in [0.5, 0.6) is 0 Å². The Bertz CT molecular complexity index is 1510. The van der Waals surface area contributed by atoms with Crippen molar-refractivity contribution in [2.45, 2.75) is 19.9 Å². The third-order valence-corrected chi connectivity index (χ3v) is 7.61. The van der Waals surface area contributed by atoms with Gasteiger partial charge in [0.2, 0.25) is 11.6 Å². The van der Waals surface area contributed by atoms with Crippen molar-refractivity contribution in [3.05, 3.63) is 65.7 Å². The van der Waals surface area contributed by atoms with E-state index >= 15 is 0 Å². The first-order chi connectivity index (χ1) is 18.3. The van der Waals surface area contributed by atoms with Gasteiger partial charge in [-0.25, -0.2) is 9.97 Å². The summed E-state index contributed by atoms with van der Waals surface area (Å²) in [6, 6.07) is 16.6. The van der Waals surface area contributed by atoms with Gasteiger partial charge < -0.3 is 4.90 Å². The number of hydrogen-bond acceptors (Lipinski definition) is 11. The predicted octanol–water partition coefficient (Wildman–Crippen LogP) is 4.71. The molecule has 0 saturated carbocycles. The van der Waals surface area contributed by atoms with Gasteiger partial charge in [0, 0.05) is 30.2 Å². The molecule has 0 saturated heterocycles. The van der Waals surface area contributed by atoms with Crippen LogP contribution in [0.1, 0.15) is 18.9 Å². The summed E-state index contributed by atoms with van der Waals surface area (Å²) < 4.78 is 0. The van der Waals surface area contributed by atoms with Gasteiger partial charge >= 0.3 is 0 Å². The highest BCUT2D eigenvalue weighted by molar-refractivity contribution is 7.20. The minimum Gasteiger partial charge on any atom is -0.344 e. The number of hydrogen-bond donors (Lipinski definition) is 2. The first kappa shape index (κ1) is 23.1. The van der Waals surface area contributed by atoms with E-state index in [1.54, 1.807) is 28.9 Å². The second-order valence-corrected chi connectivity index (χ2v) is 10.0. The number of benzene rings is 2. The summed E-state index contributed by atoms with van der Waals surface area (Å²) in [6.07, 6.45) is 2.76. The molecule has 37 heavy (non-hydrogen) atoms. The average Bonchev–Trinajstić information content (AvgIpc) is 3.76. The van der Waals surface area contributed by atoms with Crippen molar-refractivity contribution in [2.24, 2.45) is 0 Å². The Hall–Kier alpha value is -4.36. The second kappa shape index (κ2) is 10.3. The van der Waals surface area contributed by atoms with Crippen molar-refractivity contribution in [3.8, 4) is 43.9 Å². The zero-order valence-corrected chi connectivity index (χ0v) is 21.4. The second-order valence-electron chi connectivity index (χ2n) is 8.15. The summed E-state index contributed by atoms with van der Waals surface area (Å²) in [6.45, 7) is 3.75. The van der Waals surface area contributed by atoms with Crippen LogP contribution in [0.2, 0.25) is 0 Å². The molecule has 184 valence electrons. The van der Waals surface area contributed by atoms with E-state index in [-0.39, 0.29) is 0 Å². The van der Waals surface area contributed by atoms with Crippen LogP contribution in [0, 0.1) is 0 Å². The van der Waals surface area contributed by atoms with Crippen molar-refractivity contribution in [1.29, 1.82) is 0 Å². The fraction of sp³-hybridized carbons (Fsp3) is 0.167. The van der Waals surface area contributed by atoms with Gasteiger partial charge in [0.25, 0.3) is 0 Å². The van der Waals surface area contributed by atoms with Gasteiger partial charge in [-0.15, -0.1) is 31.7 Å². The van der Waals surface area contributed by atoms with Crippen LogP contribution in [0.3, 0.4) is 0 Å². The van der Waals surface area contributed by atoms with Gasteiger partial charge in [0.1, 0.15) is 15.6 Å². The molecule has 0 unspecified atom stereocenters. The molecule has 0 spiro atoms. The van der Waals surface area contributed by atoms with Crippen LogP contribution in [0.25, 0.3) is 43.9 Å². The topological polar surface area (TPSA) is 138 Å². The monoisotopic (exact) mass is 527 g/mol. The molecule has 0 fully saturated rings. The average molecular weight is 528 g/mol. The van der Waals surface area contributed by atoms with Gasteiger partial charge in [-0.3, -0.25) is 0 Å². The van der Waals surface area contributed by atoms with Crippen LogP contribution < -0.4 is 4.90 Å². The van der Waals surface area contributed by atoms with Gasteiger partial charge in [0.15, 0.2) is 5.13 Å². The van der Waals surface area contributed by atoms with Crippen molar-refractivity contribution in [3.63, 3.8) is 0 Å². The number of rotatable bonds is 9. The molecule has 6 aromatic rings. The molecular formula is C24H21N11S2. The Labute approximate surface area is 219 Å². The highest BCUT2D eigenvalue weighted by Crippen LogP contribution is 2.40. The largest absolute Gasteiger partial charge is 0.344 e. The van der Waals surface area contributed by atoms with Crippen LogP contribution >= 0.6 is 22.7 Å². The van der Waals surface area contributed by atoms with Crippen LogP contribution in [-0.4, -0.2) is 57.8 Å². The highest BCUT2D eigenvalue weighted by atomic mass is 32.1. The Kier molecular flexibility index (Phi) is 6.44. The standard InChI is InChI=1S/C24H21N11S2/c1-2-12-35(24-26-19(23-25-11-13-36-23)20(37-24)22-29-33-34-30-22)14-15-7-9-16(10-8-15)17-5-3-4-6-18(17)21-27-31-32-28-21/h3-11,13H,2,12,14H2,1H3,(H,27,28,31,32)(H,29,30,33,34). The van der Waals surface area contributed by atoms with Crippen molar-refractivity contribution < 1.29 is 0 Å². The molecule has 13 heteroatoms. The van der Waals surface area contributed by atoms with E-state index in [0.717, 1.165) is 56.9 Å². The minimum atomic E-state index is 0.523. The van der Waals surface area contributed by atoms with Crippen molar-refractivity contribution >= 4 is 27.8 Å². The first-order valence-corrected chi connectivity index (χ1v) is 13.3. The van der Waals surface area contributed by atoms with Gasteiger partial charge in [0.05, 0.1) is 0 Å². The lowest BCUT2D eigenvalue weighted by atomic mass is 9.98. The third-order valence-electron chi connectivity index (χ3n) is 5.71. The summed E-state index contributed by atoms with van der Waals surface area (Å²) in [5, 5.41) is 32.9. The maximum Gasteiger partial charge on any atom is 0.217 e. The number of thiazole rings is 2. The molecule has 0 aliphatic heterocycles. The number of H-pyrrole nitrogens is 2. The van der Waals surface area contributed by atoms with Crippen LogP contribution in [-0.2, 0) is 6.54 Å². The molecule has 2 aromatic carbocycles. The van der Waals surface area contributed by atoms with Gasteiger partial charge in [-0.1, -0.05) is 66.8 Å². The molecule has 0 aliphatic rings. The predicted molar refractivity (Wildman–Crippen MR) is 143 cm³/mol. The maximum absolute atomic E-state index is 4.98. The van der Waals surface area contributed by atoms with Gasteiger partial charge in [-0.2, -0.15) is 10.4 Å². The van der Waals surface area contributed by atoms with Crippen LogP contribution in [0.4, 0.5) is 5.13 Å². The molecular weight excluding hydrogens is 506 g/mol. The Morgan fingerprint density at radius 1 is 0.892 bits per heavy atom. The Morgan fingerprint density at radius 3 is 2.32 bits per heavy atom. The lowest BCUT2D eigenvalue weighted by Gasteiger charge is -2.21. The summed E-state index contributed by atoms with van der Waals surface area (Å²) in [5.41, 5.74) is 5.04. The van der Waals surface area contributed by atoms with Crippen LogP contribution in [0.15, 0.2) is 60.1 Å². The molecule has 4 aromatic heterocycles. The first-order valence-electron chi connectivity index (χ1n) is 11.6. The molecule has 4 heterocycles. The van der Waals surface area contributed by atoms with E-state index in [4.69, 9.17) is 4.98 Å². The van der Waals surface area contributed by atoms with E-state index in [2.05, 4.69) is 88.4 Å². The van der Waals surface area contributed by atoms with Crippen molar-refractivity contribution in [1.82, 2.24) is 51.2 Å². The number of tetrazole rings is 2. The zero-order valence-electron chi connectivity index (χ0n) is 19.7. The number of nitrogens with one attached hydrogen (secondary N) is 2. The number of nitrogens with zero attached hydrogens (tertiary/aromatic N) is 9. The summed E-state index contributed by atoms with van der Waals surface area (Å²) in [5.74, 6) is 1.10. The fourth-order valence-electron chi connectivity index (χ4n) is 4.07. The third kappa shape index (κ3) is 4.73. The zero-order chi connectivity index (χ0) is 25.0. The molecule has 6 rings (SSSR count). The Balaban J connectivity index is 1.29. The molecule has 2 N–H and O–H groups in total.